The van der Waals surface area contributed by atoms with Gasteiger partial charge in [-0.3, -0.25) is 8.98 Å². The summed E-state index contributed by atoms with van der Waals surface area (Å²) in [7, 11) is -0.848. The summed E-state index contributed by atoms with van der Waals surface area (Å²) >= 11 is 0. The number of carbonyl (C=O) groups excluding carboxylic acids is 1. The Morgan fingerprint density at radius 1 is 1.56 bits per heavy atom. The van der Waals surface area contributed by atoms with Crippen LogP contribution in [-0.2, 0) is 20.8 Å². The topological polar surface area (TPSA) is 89.2 Å². The second-order valence-electron chi connectivity index (χ2n) is 3.59. The number of aryl methyl sites for hydroxylation is 2. The molecule has 0 atom stereocenters. The molecule has 0 bridgehead atoms. The molecule has 1 aromatic rings. The third kappa shape index (κ3) is 3.74. The minimum atomic E-state index is -3.50. The highest BCUT2D eigenvalue weighted by Gasteiger charge is 2.16. The number of rotatable bonds is 5. The molecular formula is C10H16N3O4S+. The molecule has 0 saturated heterocycles. The zero-order chi connectivity index (χ0) is 13.8. The van der Waals surface area contributed by atoms with E-state index >= 15 is 0 Å². The Balaban J connectivity index is 2.82. The van der Waals surface area contributed by atoms with Crippen LogP contribution < -0.4 is 10.00 Å². The third-order valence-corrected chi connectivity index (χ3v) is 3.57. The van der Waals surface area contributed by atoms with Gasteiger partial charge in [0, 0.05) is 13.1 Å². The first-order valence-electron chi connectivity index (χ1n) is 5.27. The van der Waals surface area contributed by atoms with Crippen LogP contribution in [0, 0.1) is 6.92 Å². The molecule has 1 amide bonds. The Kier molecular flexibility index (Phi) is 4.74. The summed E-state index contributed by atoms with van der Waals surface area (Å²) in [5.41, 5.74) is 0.995. The highest BCUT2D eigenvalue weighted by Crippen LogP contribution is 2.00. The van der Waals surface area contributed by atoms with Crippen LogP contribution in [0.25, 0.3) is 0 Å². The molecule has 8 heteroatoms. The van der Waals surface area contributed by atoms with E-state index in [4.69, 9.17) is 0 Å². The zero-order valence-electron chi connectivity index (χ0n) is 10.5. The van der Waals surface area contributed by atoms with Gasteiger partial charge in [0.15, 0.2) is 12.7 Å². The smallest absolute Gasteiger partial charge is 0.273 e. The summed E-state index contributed by atoms with van der Waals surface area (Å²) in [5, 5.41) is 6.62. The third-order valence-electron chi connectivity index (χ3n) is 2.38. The first-order chi connectivity index (χ1) is 8.39. The number of aromatic nitrogens is 2. The monoisotopic (exact) mass is 274 g/mol. The van der Waals surface area contributed by atoms with Gasteiger partial charge in [0.1, 0.15) is 11.4 Å². The van der Waals surface area contributed by atoms with Crippen molar-refractivity contribution in [2.24, 2.45) is 0 Å². The SMILES string of the molecule is CNC(=O)c1cc[n+](CCS(=O)(=O)OC)nc1C. The van der Waals surface area contributed by atoms with E-state index in [-0.39, 0.29) is 18.2 Å². The van der Waals surface area contributed by atoms with E-state index in [1.165, 1.54) is 11.7 Å². The van der Waals surface area contributed by atoms with Gasteiger partial charge >= 0.3 is 0 Å². The number of nitrogens with one attached hydrogen (secondary N) is 1. The van der Waals surface area contributed by atoms with Gasteiger partial charge in [-0.2, -0.15) is 8.42 Å². The van der Waals surface area contributed by atoms with E-state index in [1.54, 1.807) is 19.2 Å². The van der Waals surface area contributed by atoms with Crippen LogP contribution in [0.1, 0.15) is 16.1 Å². The van der Waals surface area contributed by atoms with Crippen molar-refractivity contribution in [3.8, 4) is 0 Å². The van der Waals surface area contributed by atoms with Gasteiger partial charge < -0.3 is 5.32 Å². The lowest BCUT2D eigenvalue weighted by Gasteiger charge is -2.02. The standard InChI is InChI=1S/C10H15N3O4S/c1-8-9(10(14)11-2)4-5-13(12-8)6-7-18(15,16)17-3/h4-5H,6-7H2,1-3H3/p+1. The maximum Gasteiger partial charge on any atom is 0.273 e. The van der Waals surface area contributed by atoms with Gasteiger partial charge in [-0.1, -0.05) is 4.68 Å². The van der Waals surface area contributed by atoms with Crippen molar-refractivity contribution >= 4 is 16.0 Å². The van der Waals surface area contributed by atoms with Crippen molar-refractivity contribution in [1.82, 2.24) is 10.4 Å². The Hall–Kier alpha value is -1.54. The average molecular weight is 274 g/mol. The van der Waals surface area contributed by atoms with Crippen LogP contribution in [0.5, 0.6) is 0 Å². The Labute approximate surface area is 106 Å². The maximum absolute atomic E-state index is 11.4. The first-order valence-corrected chi connectivity index (χ1v) is 6.85. The molecule has 0 spiro atoms. The molecule has 18 heavy (non-hydrogen) atoms. The Bertz CT molecular complexity index is 542. The lowest BCUT2D eigenvalue weighted by Crippen LogP contribution is -2.42. The highest BCUT2D eigenvalue weighted by atomic mass is 32.2. The van der Waals surface area contributed by atoms with E-state index in [9.17, 15) is 13.2 Å². The van der Waals surface area contributed by atoms with Crippen LogP contribution in [0.4, 0.5) is 0 Å². The van der Waals surface area contributed by atoms with Crippen molar-refractivity contribution < 1.29 is 22.1 Å². The van der Waals surface area contributed by atoms with Gasteiger partial charge in [-0.15, -0.1) is 0 Å². The summed E-state index contributed by atoms with van der Waals surface area (Å²) < 4.78 is 28.1. The van der Waals surface area contributed by atoms with Gasteiger partial charge in [-0.05, 0) is 12.0 Å². The molecule has 0 aliphatic carbocycles. The van der Waals surface area contributed by atoms with Crippen molar-refractivity contribution in [3.63, 3.8) is 0 Å². The average Bonchev–Trinajstić information content (AvgIpc) is 2.36. The van der Waals surface area contributed by atoms with Crippen molar-refractivity contribution in [1.29, 1.82) is 0 Å². The molecule has 0 aliphatic heterocycles. The molecule has 1 rings (SSSR count). The minimum Gasteiger partial charge on any atom is -0.355 e. The molecule has 0 saturated carbocycles. The fourth-order valence-corrected chi connectivity index (χ4v) is 1.93. The fourth-order valence-electron chi connectivity index (χ4n) is 1.35. The Morgan fingerprint density at radius 2 is 2.22 bits per heavy atom. The maximum atomic E-state index is 11.4. The minimum absolute atomic E-state index is 0.167. The first kappa shape index (κ1) is 14.5. The van der Waals surface area contributed by atoms with Crippen LogP contribution in [0.3, 0.4) is 0 Å². The number of hydrogen-bond acceptors (Lipinski definition) is 5. The highest BCUT2D eigenvalue weighted by molar-refractivity contribution is 7.86. The summed E-state index contributed by atoms with van der Waals surface area (Å²) in [6, 6.07) is 1.60. The predicted molar refractivity (Wildman–Crippen MR) is 63.4 cm³/mol. The summed E-state index contributed by atoms with van der Waals surface area (Å²) in [6.07, 6.45) is 1.56. The number of hydrogen-bond donors (Lipinski definition) is 1. The Morgan fingerprint density at radius 3 is 2.72 bits per heavy atom. The molecule has 0 aromatic carbocycles. The van der Waals surface area contributed by atoms with Crippen LogP contribution >= 0.6 is 0 Å². The van der Waals surface area contributed by atoms with Crippen molar-refractivity contribution in [3.05, 3.63) is 23.5 Å². The second-order valence-corrected chi connectivity index (χ2v) is 5.44. The fraction of sp³-hybridized carbons (Fsp3) is 0.500. The molecular weight excluding hydrogens is 258 g/mol. The number of carbonyl (C=O) groups is 1. The van der Waals surface area contributed by atoms with E-state index in [1.807, 2.05) is 0 Å². The second kappa shape index (κ2) is 5.87. The molecule has 1 heterocycles. The summed E-state index contributed by atoms with van der Waals surface area (Å²) in [5.74, 6) is -0.392. The molecule has 0 radical (unpaired) electrons. The van der Waals surface area contributed by atoms with E-state index in [0.29, 0.717) is 11.3 Å². The van der Waals surface area contributed by atoms with Crippen molar-refractivity contribution in [2.45, 2.75) is 13.5 Å². The molecule has 7 nitrogen and oxygen atoms in total. The number of amides is 1. The predicted octanol–water partition coefficient (Wildman–Crippen LogP) is -0.987. The van der Waals surface area contributed by atoms with Gasteiger partial charge in [0.2, 0.25) is 0 Å². The quantitative estimate of drug-likeness (QED) is 0.550. The molecule has 0 fully saturated rings. The normalized spacial score (nSPS) is 11.3. The summed E-state index contributed by atoms with van der Waals surface area (Å²) in [4.78, 5) is 11.4. The van der Waals surface area contributed by atoms with Gasteiger partial charge in [0.25, 0.3) is 16.0 Å². The number of nitrogens with zero attached hydrogens (tertiary/aromatic N) is 2. The van der Waals surface area contributed by atoms with Crippen LogP contribution in [0.15, 0.2) is 12.3 Å². The zero-order valence-corrected chi connectivity index (χ0v) is 11.3. The lowest BCUT2D eigenvalue weighted by molar-refractivity contribution is -0.750. The van der Waals surface area contributed by atoms with Gasteiger partial charge in [-0.25, -0.2) is 0 Å². The molecule has 0 aliphatic rings. The largest absolute Gasteiger partial charge is 0.355 e. The van der Waals surface area contributed by atoms with Gasteiger partial charge in [0.05, 0.1) is 12.7 Å². The van der Waals surface area contributed by atoms with Crippen LogP contribution in [0.2, 0.25) is 0 Å². The molecule has 1 aromatic heterocycles. The van der Waals surface area contributed by atoms with Crippen molar-refractivity contribution in [2.75, 3.05) is 19.9 Å². The molecule has 0 unspecified atom stereocenters. The van der Waals surface area contributed by atoms with E-state index in [2.05, 4.69) is 14.6 Å². The summed E-state index contributed by atoms with van der Waals surface area (Å²) in [6.45, 7) is 1.86. The van der Waals surface area contributed by atoms with E-state index in [0.717, 1.165) is 7.11 Å². The van der Waals surface area contributed by atoms with Crippen LogP contribution in [-0.4, -0.2) is 39.3 Å². The van der Waals surface area contributed by atoms with E-state index < -0.39 is 10.1 Å². The molecule has 1 N–H and O–H groups in total. The molecule has 100 valence electrons. The lowest BCUT2D eigenvalue weighted by atomic mass is 10.2.